The van der Waals surface area contributed by atoms with E-state index in [1.165, 1.54) is 32.1 Å². The normalized spacial score (nSPS) is 11.2. The van der Waals surface area contributed by atoms with Crippen molar-refractivity contribution in [2.24, 2.45) is 0 Å². The second-order valence-corrected chi connectivity index (χ2v) is 14.1. The van der Waals surface area contributed by atoms with Crippen molar-refractivity contribution < 1.29 is 33.2 Å². The molecule has 0 atom stereocenters. The maximum Gasteiger partial charge on any atom is 0.189 e. The molecule has 0 spiro atoms. The van der Waals surface area contributed by atoms with E-state index < -0.39 is 0 Å². The lowest BCUT2D eigenvalue weighted by atomic mass is 10.1. The first-order chi connectivity index (χ1) is 26.0. The van der Waals surface area contributed by atoms with Crippen molar-refractivity contribution in [3.63, 3.8) is 0 Å². The highest BCUT2D eigenvalue weighted by Gasteiger charge is 2.20. The van der Waals surface area contributed by atoms with E-state index in [4.69, 9.17) is 28.4 Å². The summed E-state index contributed by atoms with van der Waals surface area (Å²) in [7, 11) is 1.64. The third-order valence-electron chi connectivity index (χ3n) is 9.26. The Bertz CT molecular complexity index is 1270. The number of hydrogen-bond donors (Lipinski definition) is 0. The zero-order chi connectivity index (χ0) is 38.4. The van der Waals surface area contributed by atoms with Crippen molar-refractivity contribution in [1.29, 1.82) is 0 Å². The summed E-state index contributed by atoms with van der Waals surface area (Å²) in [6.45, 7) is 13.8. The Morgan fingerprint density at radius 2 is 0.887 bits per heavy atom. The summed E-state index contributed by atoms with van der Waals surface area (Å²) in [6, 6.07) is 7.55. The van der Waals surface area contributed by atoms with Gasteiger partial charge >= 0.3 is 0 Å². The van der Waals surface area contributed by atoms with Gasteiger partial charge in [0.15, 0.2) is 28.8 Å². The van der Waals surface area contributed by atoms with Crippen LogP contribution in [0.15, 0.2) is 30.3 Å². The van der Waals surface area contributed by atoms with Gasteiger partial charge in [-0.15, -0.1) is 0 Å². The molecule has 0 saturated carbocycles. The Morgan fingerprint density at radius 1 is 0.472 bits per heavy atom. The van der Waals surface area contributed by atoms with E-state index in [2.05, 4.69) is 34.6 Å². The lowest BCUT2D eigenvalue weighted by molar-refractivity contribution is 0.104. The minimum Gasteiger partial charge on any atom is -0.493 e. The fourth-order valence-corrected chi connectivity index (χ4v) is 6.02. The van der Waals surface area contributed by atoms with Crippen LogP contribution in [0.4, 0.5) is 0 Å². The highest BCUT2D eigenvalue weighted by atomic mass is 16.5. The van der Waals surface area contributed by atoms with Crippen LogP contribution in [0.3, 0.4) is 0 Å². The second-order valence-electron chi connectivity index (χ2n) is 14.1. The number of rotatable bonds is 34. The number of methoxy groups -OCH3 is 1. The van der Waals surface area contributed by atoms with E-state index in [0.29, 0.717) is 73.1 Å². The summed E-state index contributed by atoms with van der Waals surface area (Å²) in [6.07, 6.45) is 25.3. The van der Waals surface area contributed by atoms with Gasteiger partial charge in [0.25, 0.3) is 0 Å². The molecule has 0 heterocycles. The molecule has 0 aromatic heterocycles. The SMILES string of the molecule is CCCCCCOc1cc(/C=C/C(=O)c2cc(OCCCCCC)cc(OCCCCCC)c2OCCCCCC)c(OCCCCCC)c(OC)c1. The molecule has 0 amide bonds. The molecule has 0 saturated heterocycles. The van der Waals surface area contributed by atoms with Crippen molar-refractivity contribution in [2.75, 3.05) is 40.1 Å². The Labute approximate surface area is 323 Å². The van der Waals surface area contributed by atoms with Crippen LogP contribution in [0.5, 0.6) is 34.5 Å². The number of ketones is 1. The van der Waals surface area contributed by atoms with E-state index >= 15 is 0 Å². The standard InChI is InChI=1S/C46H74O7/c1-7-12-17-22-29-49-39-34-38(45(43(36-39)48-6)52-32-25-20-15-10-4)27-28-42(47)41-35-40(50-30-23-18-13-8-2)37-44(51-31-24-19-14-9-3)46(41)53-33-26-21-16-11-5/h27-28,34-37H,7-26,29-33H2,1-6H3/b28-27+. The number of carbonyl (C=O) groups is 1. The lowest BCUT2D eigenvalue weighted by Crippen LogP contribution is -2.09. The van der Waals surface area contributed by atoms with Gasteiger partial charge in [0.1, 0.15) is 11.5 Å². The van der Waals surface area contributed by atoms with Crippen molar-refractivity contribution >= 4 is 11.9 Å². The summed E-state index contributed by atoms with van der Waals surface area (Å²) in [5, 5.41) is 0. The minimum absolute atomic E-state index is 0.195. The fraction of sp³-hybridized carbons (Fsp3) is 0.674. The summed E-state index contributed by atoms with van der Waals surface area (Å²) in [4.78, 5) is 14.3. The van der Waals surface area contributed by atoms with Crippen molar-refractivity contribution in [3.05, 3.63) is 41.5 Å². The number of carbonyl (C=O) groups excluding carboxylic acids is 1. The van der Waals surface area contributed by atoms with Gasteiger partial charge in [0, 0.05) is 17.7 Å². The molecule has 0 N–H and O–H groups in total. The molecule has 0 aliphatic heterocycles. The molecular formula is C46H74O7. The molecule has 7 nitrogen and oxygen atoms in total. The first kappa shape index (κ1) is 45.8. The van der Waals surface area contributed by atoms with Crippen LogP contribution in [-0.4, -0.2) is 45.9 Å². The maximum atomic E-state index is 14.3. The molecule has 300 valence electrons. The van der Waals surface area contributed by atoms with Crippen LogP contribution in [0, 0.1) is 0 Å². The van der Waals surface area contributed by atoms with Crippen molar-refractivity contribution in [3.8, 4) is 34.5 Å². The molecule has 53 heavy (non-hydrogen) atoms. The number of benzene rings is 2. The Kier molecular flexibility index (Phi) is 26.0. The largest absolute Gasteiger partial charge is 0.493 e. The summed E-state index contributed by atoms with van der Waals surface area (Å²) >= 11 is 0. The van der Waals surface area contributed by atoms with Gasteiger partial charge in [-0.25, -0.2) is 0 Å². The average molecular weight is 739 g/mol. The van der Waals surface area contributed by atoms with Gasteiger partial charge in [-0.2, -0.15) is 0 Å². The first-order valence-electron chi connectivity index (χ1n) is 21.3. The molecule has 2 aromatic rings. The van der Waals surface area contributed by atoms with E-state index in [0.717, 1.165) is 102 Å². The number of ether oxygens (including phenoxy) is 6. The average Bonchev–Trinajstić information content (AvgIpc) is 3.17. The third-order valence-corrected chi connectivity index (χ3v) is 9.26. The van der Waals surface area contributed by atoms with Gasteiger partial charge in [0.05, 0.1) is 45.7 Å². The summed E-state index contributed by atoms with van der Waals surface area (Å²) < 4.78 is 37.4. The molecule has 0 fully saturated rings. The monoisotopic (exact) mass is 739 g/mol. The Hall–Kier alpha value is -3.35. The first-order valence-corrected chi connectivity index (χ1v) is 21.3. The number of allylic oxidation sites excluding steroid dienone is 1. The van der Waals surface area contributed by atoms with E-state index in [-0.39, 0.29) is 5.78 Å². The predicted octanol–water partition coefficient (Wildman–Crippen LogP) is 13.4. The van der Waals surface area contributed by atoms with Crippen LogP contribution in [0.25, 0.3) is 6.08 Å². The van der Waals surface area contributed by atoms with Gasteiger partial charge in [-0.1, -0.05) is 131 Å². The zero-order valence-corrected chi connectivity index (χ0v) is 34.5. The van der Waals surface area contributed by atoms with Crippen LogP contribution in [0.2, 0.25) is 0 Å². The Balaban J connectivity index is 2.52. The second kappa shape index (κ2) is 30.0. The van der Waals surface area contributed by atoms with E-state index in [1.54, 1.807) is 13.2 Å². The fourth-order valence-electron chi connectivity index (χ4n) is 6.02. The van der Waals surface area contributed by atoms with Gasteiger partial charge < -0.3 is 28.4 Å². The summed E-state index contributed by atoms with van der Waals surface area (Å²) in [5.74, 6) is 3.37. The van der Waals surface area contributed by atoms with E-state index in [9.17, 15) is 4.79 Å². The molecule has 0 aliphatic carbocycles. The van der Waals surface area contributed by atoms with Gasteiger partial charge in [-0.05, 0) is 56.4 Å². The van der Waals surface area contributed by atoms with Crippen molar-refractivity contribution in [2.45, 2.75) is 163 Å². The quantitative estimate of drug-likeness (QED) is 0.0402. The summed E-state index contributed by atoms with van der Waals surface area (Å²) in [5.41, 5.74) is 1.16. The molecule has 0 bridgehead atoms. The zero-order valence-electron chi connectivity index (χ0n) is 34.5. The van der Waals surface area contributed by atoms with Crippen LogP contribution >= 0.6 is 0 Å². The van der Waals surface area contributed by atoms with E-state index in [1.807, 2.05) is 30.3 Å². The number of unbranched alkanes of at least 4 members (excludes halogenated alkanes) is 15. The molecule has 0 radical (unpaired) electrons. The smallest absolute Gasteiger partial charge is 0.189 e. The molecule has 2 aromatic carbocycles. The van der Waals surface area contributed by atoms with Gasteiger partial charge in [0.2, 0.25) is 0 Å². The number of hydrogen-bond acceptors (Lipinski definition) is 7. The molecule has 2 rings (SSSR count). The topological polar surface area (TPSA) is 72.5 Å². The van der Waals surface area contributed by atoms with Crippen LogP contribution < -0.4 is 28.4 Å². The predicted molar refractivity (Wildman–Crippen MR) is 221 cm³/mol. The molecule has 7 heteroatoms. The van der Waals surface area contributed by atoms with Gasteiger partial charge in [-0.3, -0.25) is 4.79 Å². The van der Waals surface area contributed by atoms with Crippen molar-refractivity contribution in [1.82, 2.24) is 0 Å². The Morgan fingerprint density at radius 3 is 1.36 bits per heavy atom. The lowest BCUT2D eigenvalue weighted by Gasteiger charge is -2.18. The molecule has 0 aliphatic rings. The third kappa shape index (κ3) is 19.0. The highest BCUT2D eigenvalue weighted by molar-refractivity contribution is 6.09. The highest BCUT2D eigenvalue weighted by Crippen LogP contribution is 2.39. The molecule has 0 unspecified atom stereocenters. The maximum absolute atomic E-state index is 14.3. The van der Waals surface area contributed by atoms with Crippen LogP contribution in [-0.2, 0) is 0 Å². The van der Waals surface area contributed by atoms with Crippen LogP contribution in [0.1, 0.15) is 179 Å². The molecular weight excluding hydrogens is 664 g/mol. The minimum atomic E-state index is -0.195.